The molecule has 1 aromatic heterocycles. The van der Waals surface area contributed by atoms with Crippen LogP contribution in [0.5, 0.6) is 0 Å². The number of hydrogen-bond acceptors (Lipinski definition) is 4. The van der Waals surface area contributed by atoms with Crippen molar-refractivity contribution >= 4 is 0 Å². The quantitative estimate of drug-likeness (QED) is 0.829. The molecule has 1 heterocycles. The highest BCUT2D eigenvalue weighted by molar-refractivity contribution is 5.06. The van der Waals surface area contributed by atoms with E-state index in [1.165, 1.54) is 6.07 Å². The van der Waals surface area contributed by atoms with E-state index < -0.39 is 0 Å². The zero-order valence-electron chi connectivity index (χ0n) is 11.1. The van der Waals surface area contributed by atoms with Gasteiger partial charge in [0.2, 0.25) is 0 Å². The van der Waals surface area contributed by atoms with Crippen LogP contribution in [-0.2, 0) is 11.3 Å². The van der Waals surface area contributed by atoms with Crippen molar-refractivity contribution in [3.05, 3.63) is 27.9 Å². The summed E-state index contributed by atoms with van der Waals surface area (Å²) in [5.41, 5.74) is 0.451. The van der Waals surface area contributed by atoms with Crippen molar-refractivity contribution in [2.45, 2.75) is 33.4 Å². The maximum atomic E-state index is 11.6. The van der Waals surface area contributed by atoms with Gasteiger partial charge in [0.05, 0.1) is 5.69 Å². The highest BCUT2D eigenvalue weighted by atomic mass is 16.5. The van der Waals surface area contributed by atoms with Gasteiger partial charge in [0, 0.05) is 19.7 Å². The summed E-state index contributed by atoms with van der Waals surface area (Å²) in [6.45, 7) is 6.71. The molecule has 96 valence electrons. The van der Waals surface area contributed by atoms with E-state index in [-0.39, 0.29) is 17.1 Å². The molecule has 0 spiro atoms. The van der Waals surface area contributed by atoms with Crippen LogP contribution in [0.3, 0.4) is 0 Å². The van der Waals surface area contributed by atoms with Gasteiger partial charge in [0.1, 0.15) is 11.9 Å². The van der Waals surface area contributed by atoms with E-state index in [0.717, 1.165) is 5.69 Å². The van der Waals surface area contributed by atoms with Crippen LogP contribution in [0, 0.1) is 5.41 Å². The number of rotatable bonds is 4. The van der Waals surface area contributed by atoms with Crippen LogP contribution in [0.2, 0.25) is 0 Å². The van der Waals surface area contributed by atoms with Gasteiger partial charge in [-0.25, -0.2) is 4.98 Å². The predicted molar refractivity (Wildman–Crippen MR) is 66.8 cm³/mol. The summed E-state index contributed by atoms with van der Waals surface area (Å²) >= 11 is 0. The number of ether oxygens (including phenoxy) is 1. The van der Waals surface area contributed by atoms with E-state index >= 15 is 0 Å². The maximum Gasteiger partial charge on any atom is 0.251 e. The Morgan fingerprint density at radius 1 is 1.53 bits per heavy atom. The Hall–Kier alpha value is -1.20. The second-order valence-electron chi connectivity index (χ2n) is 5.13. The smallest absolute Gasteiger partial charge is 0.251 e. The first kappa shape index (κ1) is 13.9. The molecular formula is C12H21N3O2. The summed E-state index contributed by atoms with van der Waals surface area (Å²) in [5, 5.41) is 2.98. The summed E-state index contributed by atoms with van der Waals surface area (Å²) in [6, 6.07) is 1.50. The first-order chi connectivity index (χ1) is 7.88. The van der Waals surface area contributed by atoms with Crippen LogP contribution in [0.1, 0.15) is 38.4 Å². The van der Waals surface area contributed by atoms with Crippen LogP contribution < -0.4 is 10.9 Å². The Balaban J connectivity index is 3.16. The van der Waals surface area contributed by atoms with Crippen molar-refractivity contribution in [2.24, 2.45) is 5.41 Å². The van der Waals surface area contributed by atoms with Gasteiger partial charge in [-0.15, -0.1) is 0 Å². The lowest BCUT2D eigenvalue weighted by Crippen LogP contribution is -2.26. The molecule has 0 saturated carbocycles. The number of hydrogen-bond donors (Lipinski definition) is 2. The molecule has 0 aromatic carbocycles. The molecule has 0 fully saturated rings. The second-order valence-corrected chi connectivity index (χ2v) is 5.13. The number of H-pyrrole nitrogens is 1. The molecule has 0 aliphatic rings. The zero-order valence-corrected chi connectivity index (χ0v) is 11.1. The molecule has 0 radical (unpaired) electrons. The Labute approximate surface area is 102 Å². The highest BCUT2D eigenvalue weighted by Crippen LogP contribution is 2.33. The summed E-state index contributed by atoms with van der Waals surface area (Å²) < 4.78 is 5.44. The molecule has 17 heavy (non-hydrogen) atoms. The van der Waals surface area contributed by atoms with Crippen molar-refractivity contribution in [2.75, 3.05) is 14.2 Å². The van der Waals surface area contributed by atoms with Gasteiger partial charge in [-0.1, -0.05) is 20.8 Å². The number of nitrogens with zero attached hydrogens (tertiary/aromatic N) is 1. The van der Waals surface area contributed by atoms with Crippen molar-refractivity contribution in [1.29, 1.82) is 0 Å². The van der Waals surface area contributed by atoms with E-state index in [0.29, 0.717) is 12.4 Å². The lowest BCUT2D eigenvalue weighted by Gasteiger charge is -2.28. The van der Waals surface area contributed by atoms with Crippen molar-refractivity contribution in [3.8, 4) is 0 Å². The Morgan fingerprint density at radius 3 is 2.65 bits per heavy atom. The molecule has 1 aromatic rings. The molecule has 2 N–H and O–H groups in total. The lowest BCUT2D eigenvalue weighted by atomic mass is 9.88. The third-order valence-corrected chi connectivity index (χ3v) is 2.44. The van der Waals surface area contributed by atoms with Crippen molar-refractivity contribution < 1.29 is 4.74 Å². The topological polar surface area (TPSA) is 67.0 Å². The van der Waals surface area contributed by atoms with Gasteiger partial charge < -0.3 is 15.0 Å². The molecule has 0 aliphatic heterocycles. The third-order valence-electron chi connectivity index (χ3n) is 2.44. The maximum absolute atomic E-state index is 11.6. The van der Waals surface area contributed by atoms with Crippen LogP contribution >= 0.6 is 0 Å². The molecule has 5 nitrogen and oxygen atoms in total. The monoisotopic (exact) mass is 239 g/mol. The van der Waals surface area contributed by atoms with Gasteiger partial charge in [0.15, 0.2) is 0 Å². The molecular weight excluding hydrogens is 218 g/mol. The minimum atomic E-state index is -0.230. The minimum absolute atomic E-state index is 0.122. The zero-order chi connectivity index (χ0) is 13.1. The standard InChI is InChI=1S/C12H21N3O2/c1-12(2,3)10(17-5)11-14-8(7-13-4)6-9(16)15-11/h6,10,13H,7H2,1-5H3,(H,14,15,16). The molecule has 0 bridgehead atoms. The largest absolute Gasteiger partial charge is 0.373 e. The lowest BCUT2D eigenvalue weighted by molar-refractivity contribution is 0.00832. The normalized spacial score (nSPS) is 13.7. The van der Waals surface area contributed by atoms with Gasteiger partial charge in [-0.2, -0.15) is 0 Å². The van der Waals surface area contributed by atoms with Gasteiger partial charge in [-0.05, 0) is 12.5 Å². The van der Waals surface area contributed by atoms with E-state index in [1.807, 2.05) is 27.8 Å². The summed E-state index contributed by atoms with van der Waals surface area (Å²) in [7, 11) is 3.45. The fourth-order valence-electron chi connectivity index (χ4n) is 1.80. The van der Waals surface area contributed by atoms with Crippen LogP contribution in [-0.4, -0.2) is 24.1 Å². The molecule has 1 atom stereocenters. The molecule has 0 amide bonds. The van der Waals surface area contributed by atoms with Gasteiger partial charge >= 0.3 is 0 Å². The number of nitrogens with one attached hydrogen (secondary N) is 2. The van der Waals surface area contributed by atoms with Crippen LogP contribution in [0.4, 0.5) is 0 Å². The number of aromatic nitrogens is 2. The van der Waals surface area contributed by atoms with E-state index in [2.05, 4.69) is 15.3 Å². The summed E-state index contributed by atoms with van der Waals surface area (Å²) in [6.07, 6.45) is -0.230. The molecule has 1 rings (SSSR count). The predicted octanol–water partition coefficient (Wildman–Crippen LogP) is 1.22. The van der Waals surface area contributed by atoms with Crippen LogP contribution in [0.25, 0.3) is 0 Å². The van der Waals surface area contributed by atoms with Crippen molar-refractivity contribution in [1.82, 2.24) is 15.3 Å². The number of aromatic amines is 1. The number of methoxy groups -OCH3 is 1. The van der Waals surface area contributed by atoms with E-state index in [9.17, 15) is 4.79 Å². The second kappa shape index (κ2) is 5.42. The van der Waals surface area contributed by atoms with Gasteiger partial charge in [0.25, 0.3) is 5.56 Å². The fraction of sp³-hybridized carbons (Fsp3) is 0.667. The van der Waals surface area contributed by atoms with E-state index in [4.69, 9.17) is 4.74 Å². The molecule has 0 aliphatic carbocycles. The average molecular weight is 239 g/mol. The van der Waals surface area contributed by atoms with Crippen LogP contribution in [0.15, 0.2) is 10.9 Å². The molecule has 0 saturated heterocycles. The Bertz CT molecular complexity index is 420. The Kier molecular flexibility index (Phi) is 4.42. The molecule has 5 heteroatoms. The Morgan fingerprint density at radius 2 is 2.18 bits per heavy atom. The minimum Gasteiger partial charge on any atom is -0.373 e. The SMILES string of the molecule is CNCc1cc(=O)[nH]c(C(OC)C(C)(C)C)n1. The average Bonchev–Trinajstić information content (AvgIpc) is 2.15. The summed E-state index contributed by atoms with van der Waals surface area (Å²) in [4.78, 5) is 18.7. The van der Waals surface area contributed by atoms with E-state index in [1.54, 1.807) is 7.11 Å². The summed E-state index contributed by atoms with van der Waals surface area (Å²) in [5.74, 6) is 0.581. The third kappa shape index (κ3) is 3.64. The van der Waals surface area contributed by atoms with Crippen molar-refractivity contribution in [3.63, 3.8) is 0 Å². The molecule has 1 unspecified atom stereocenters. The highest BCUT2D eigenvalue weighted by Gasteiger charge is 2.28. The fourth-order valence-corrected chi connectivity index (χ4v) is 1.80. The first-order valence-electron chi connectivity index (χ1n) is 5.66. The van der Waals surface area contributed by atoms with Gasteiger partial charge in [-0.3, -0.25) is 4.79 Å². The first-order valence-corrected chi connectivity index (χ1v) is 5.66.